The first kappa shape index (κ1) is 14.0. The largest absolute Gasteiger partial charge is 0.396 e. The number of aliphatic hydroxyl groups excluding tert-OH is 1. The van der Waals surface area contributed by atoms with Gasteiger partial charge in [-0.2, -0.15) is 0 Å². The summed E-state index contributed by atoms with van der Waals surface area (Å²) in [5, 5.41) is 9.43. The molecule has 0 aromatic rings. The van der Waals surface area contributed by atoms with Gasteiger partial charge in [-0.15, -0.1) is 0 Å². The van der Waals surface area contributed by atoms with Crippen LogP contribution in [0.3, 0.4) is 0 Å². The van der Waals surface area contributed by atoms with E-state index in [9.17, 15) is 9.90 Å². The van der Waals surface area contributed by atoms with Gasteiger partial charge in [-0.1, -0.05) is 6.92 Å². The lowest BCUT2D eigenvalue weighted by molar-refractivity contribution is -0.168. The SMILES string of the molecule is CC12CC3CC(C1)CC(C(=O)N1CCCC(CO)C1)(C3)C2. The quantitative estimate of drug-likeness (QED) is 0.850. The van der Waals surface area contributed by atoms with Crippen molar-refractivity contribution in [1.82, 2.24) is 4.90 Å². The molecule has 4 saturated carbocycles. The van der Waals surface area contributed by atoms with Crippen molar-refractivity contribution < 1.29 is 9.90 Å². The van der Waals surface area contributed by atoms with Crippen LogP contribution >= 0.6 is 0 Å². The molecular formula is C18H29NO2. The predicted molar refractivity (Wildman–Crippen MR) is 81.6 cm³/mol. The van der Waals surface area contributed by atoms with Gasteiger partial charge in [0, 0.05) is 19.7 Å². The Morgan fingerprint density at radius 3 is 2.57 bits per heavy atom. The van der Waals surface area contributed by atoms with Crippen molar-refractivity contribution in [2.45, 2.75) is 58.3 Å². The second-order valence-corrected chi connectivity index (χ2v) is 8.99. The van der Waals surface area contributed by atoms with Crippen molar-refractivity contribution >= 4 is 5.91 Å². The minimum Gasteiger partial charge on any atom is -0.396 e. The summed E-state index contributed by atoms with van der Waals surface area (Å²) in [6.07, 6.45) is 9.68. The lowest BCUT2D eigenvalue weighted by Crippen LogP contribution is -2.58. The average Bonchev–Trinajstić information content (AvgIpc) is 2.44. The predicted octanol–water partition coefficient (Wildman–Crippen LogP) is 2.82. The standard InChI is InChI=1S/C18H29NO2/c1-17-6-14-5-15(7-17)9-18(8-14,12-17)16(21)19-4-2-3-13(10-19)11-20/h13-15,20H,2-12H2,1H3. The molecule has 1 amide bonds. The number of hydrogen-bond acceptors (Lipinski definition) is 2. The Bertz CT molecular complexity index is 432. The van der Waals surface area contributed by atoms with Crippen molar-refractivity contribution in [1.29, 1.82) is 0 Å². The van der Waals surface area contributed by atoms with Gasteiger partial charge in [-0.25, -0.2) is 0 Å². The molecule has 0 aromatic carbocycles. The molecule has 0 aromatic heterocycles. The molecule has 1 heterocycles. The van der Waals surface area contributed by atoms with Crippen molar-refractivity contribution in [3.63, 3.8) is 0 Å². The van der Waals surface area contributed by atoms with Gasteiger partial charge >= 0.3 is 0 Å². The fourth-order valence-corrected chi connectivity index (χ4v) is 6.70. The molecule has 3 nitrogen and oxygen atoms in total. The highest BCUT2D eigenvalue weighted by Gasteiger charge is 2.59. The average molecular weight is 291 g/mol. The molecule has 0 spiro atoms. The normalized spacial score (nSPS) is 48.7. The summed E-state index contributed by atoms with van der Waals surface area (Å²) in [5.41, 5.74) is 0.405. The highest BCUT2D eigenvalue weighted by Crippen LogP contribution is 2.65. The van der Waals surface area contributed by atoms with Gasteiger partial charge < -0.3 is 10.0 Å². The van der Waals surface area contributed by atoms with Gasteiger partial charge in [0.05, 0.1) is 5.41 Å². The van der Waals surface area contributed by atoms with Crippen molar-refractivity contribution in [3.05, 3.63) is 0 Å². The van der Waals surface area contributed by atoms with E-state index in [1.54, 1.807) is 0 Å². The van der Waals surface area contributed by atoms with Crippen LogP contribution in [-0.2, 0) is 4.79 Å². The minimum atomic E-state index is -0.0316. The second-order valence-electron chi connectivity index (χ2n) is 8.99. The molecule has 3 unspecified atom stereocenters. The molecule has 1 aliphatic heterocycles. The van der Waals surface area contributed by atoms with Crippen LogP contribution in [0.2, 0.25) is 0 Å². The first-order valence-corrected chi connectivity index (χ1v) is 8.92. The van der Waals surface area contributed by atoms with E-state index in [1.165, 1.54) is 19.3 Å². The maximum atomic E-state index is 13.3. The topological polar surface area (TPSA) is 40.5 Å². The Kier molecular flexibility index (Phi) is 3.15. The van der Waals surface area contributed by atoms with E-state index in [2.05, 4.69) is 11.8 Å². The van der Waals surface area contributed by atoms with Gasteiger partial charge in [0.1, 0.15) is 0 Å². The number of piperidine rings is 1. The zero-order chi connectivity index (χ0) is 14.7. The van der Waals surface area contributed by atoms with E-state index in [4.69, 9.17) is 0 Å². The lowest BCUT2D eigenvalue weighted by atomic mass is 9.44. The molecule has 5 fully saturated rings. The molecule has 3 heteroatoms. The van der Waals surface area contributed by atoms with Gasteiger partial charge in [0.25, 0.3) is 0 Å². The van der Waals surface area contributed by atoms with Crippen LogP contribution in [0.25, 0.3) is 0 Å². The zero-order valence-electron chi connectivity index (χ0n) is 13.3. The van der Waals surface area contributed by atoms with E-state index in [-0.39, 0.29) is 12.0 Å². The maximum Gasteiger partial charge on any atom is 0.228 e. The van der Waals surface area contributed by atoms with E-state index in [0.717, 1.165) is 57.0 Å². The smallest absolute Gasteiger partial charge is 0.228 e. The monoisotopic (exact) mass is 291 g/mol. The first-order chi connectivity index (χ1) is 10.0. The molecule has 0 radical (unpaired) electrons. The van der Waals surface area contributed by atoms with Crippen LogP contribution in [0, 0.1) is 28.6 Å². The number of carbonyl (C=O) groups excluding carboxylic acids is 1. The minimum absolute atomic E-state index is 0.0316. The molecule has 4 aliphatic carbocycles. The molecule has 21 heavy (non-hydrogen) atoms. The summed E-state index contributed by atoms with van der Waals surface area (Å²) in [6, 6.07) is 0. The van der Waals surface area contributed by atoms with Crippen molar-refractivity contribution in [2.24, 2.45) is 28.6 Å². The zero-order valence-corrected chi connectivity index (χ0v) is 13.3. The van der Waals surface area contributed by atoms with Crippen LogP contribution in [0.4, 0.5) is 0 Å². The molecule has 1 N–H and O–H groups in total. The Balaban J connectivity index is 1.56. The van der Waals surface area contributed by atoms with Gasteiger partial charge in [0.15, 0.2) is 0 Å². The molecule has 118 valence electrons. The number of hydrogen-bond donors (Lipinski definition) is 1. The van der Waals surface area contributed by atoms with E-state index < -0.39 is 0 Å². The second kappa shape index (κ2) is 4.71. The molecule has 5 aliphatic rings. The summed E-state index contributed by atoms with van der Waals surface area (Å²) in [6.45, 7) is 4.38. The number of amides is 1. The van der Waals surface area contributed by atoms with Crippen molar-refractivity contribution in [2.75, 3.05) is 19.7 Å². The van der Waals surface area contributed by atoms with Crippen LogP contribution in [0.1, 0.15) is 58.3 Å². The van der Waals surface area contributed by atoms with Crippen molar-refractivity contribution in [3.8, 4) is 0 Å². The van der Waals surface area contributed by atoms with Gasteiger partial charge in [-0.3, -0.25) is 4.79 Å². The maximum absolute atomic E-state index is 13.3. The Morgan fingerprint density at radius 2 is 1.95 bits per heavy atom. The van der Waals surface area contributed by atoms with Crippen LogP contribution < -0.4 is 0 Å². The highest BCUT2D eigenvalue weighted by atomic mass is 16.3. The third-order valence-corrected chi connectivity index (χ3v) is 6.87. The number of likely N-dealkylation sites (tertiary alicyclic amines) is 1. The van der Waals surface area contributed by atoms with Gasteiger partial charge in [-0.05, 0) is 74.5 Å². The number of carbonyl (C=O) groups is 1. The lowest BCUT2D eigenvalue weighted by Gasteiger charge is -2.61. The Hall–Kier alpha value is -0.570. The molecular weight excluding hydrogens is 262 g/mol. The van der Waals surface area contributed by atoms with Crippen LogP contribution in [0.5, 0.6) is 0 Å². The van der Waals surface area contributed by atoms with Gasteiger partial charge in [0.2, 0.25) is 5.91 Å². The molecule has 5 rings (SSSR count). The number of rotatable bonds is 2. The highest BCUT2D eigenvalue weighted by molar-refractivity contribution is 5.83. The number of nitrogens with zero attached hydrogens (tertiary/aromatic N) is 1. The fourth-order valence-electron chi connectivity index (χ4n) is 6.70. The van der Waals surface area contributed by atoms with Crippen LogP contribution in [-0.4, -0.2) is 35.6 Å². The molecule has 4 bridgehead atoms. The summed E-state index contributed by atoms with van der Waals surface area (Å²) in [7, 11) is 0. The van der Waals surface area contributed by atoms with Crippen LogP contribution in [0.15, 0.2) is 0 Å². The summed E-state index contributed by atoms with van der Waals surface area (Å²) in [5.74, 6) is 2.37. The fraction of sp³-hybridized carbons (Fsp3) is 0.944. The van der Waals surface area contributed by atoms with E-state index >= 15 is 0 Å². The Labute approximate surface area is 128 Å². The Morgan fingerprint density at radius 1 is 1.24 bits per heavy atom. The van der Waals surface area contributed by atoms with E-state index in [0.29, 0.717) is 17.2 Å². The summed E-state index contributed by atoms with van der Waals surface area (Å²) < 4.78 is 0. The third-order valence-electron chi connectivity index (χ3n) is 6.87. The summed E-state index contributed by atoms with van der Waals surface area (Å²) >= 11 is 0. The molecule has 3 atom stereocenters. The van der Waals surface area contributed by atoms with E-state index in [1.807, 2.05) is 0 Å². The summed E-state index contributed by atoms with van der Waals surface area (Å²) in [4.78, 5) is 15.4. The number of aliphatic hydroxyl groups is 1. The molecule has 1 saturated heterocycles. The third kappa shape index (κ3) is 2.23. The first-order valence-electron chi connectivity index (χ1n) is 8.92.